The van der Waals surface area contributed by atoms with E-state index in [4.69, 9.17) is 0 Å². The van der Waals surface area contributed by atoms with Crippen LogP contribution in [0.5, 0.6) is 0 Å². The highest BCUT2D eigenvalue weighted by atomic mass is 32.2. The third-order valence-corrected chi connectivity index (χ3v) is 5.19. The maximum atomic E-state index is 12.6. The van der Waals surface area contributed by atoms with Crippen LogP contribution in [-0.4, -0.2) is 26.6 Å². The van der Waals surface area contributed by atoms with E-state index in [1.807, 2.05) is 31.2 Å². The molecule has 3 N–H and O–H groups in total. The summed E-state index contributed by atoms with van der Waals surface area (Å²) in [5.41, 5.74) is 2.49. The second kappa shape index (κ2) is 9.35. The Balaban J connectivity index is 2.15. The van der Waals surface area contributed by atoms with Crippen molar-refractivity contribution in [3.8, 4) is 0 Å². The summed E-state index contributed by atoms with van der Waals surface area (Å²) >= 11 is 0. The topological polar surface area (TPSA) is 87.3 Å². The summed E-state index contributed by atoms with van der Waals surface area (Å²) in [4.78, 5) is 12.6. The number of anilines is 2. The third kappa shape index (κ3) is 5.86. The van der Waals surface area contributed by atoms with Crippen molar-refractivity contribution in [1.29, 1.82) is 0 Å². The van der Waals surface area contributed by atoms with Crippen LogP contribution in [0.25, 0.3) is 0 Å². The van der Waals surface area contributed by atoms with Gasteiger partial charge in [-0.15, -0.1) is 0 Å². The molecule has 0 heterocycles. The van der Waals surface area contributed by atoms with Gasteiger partial charge in [0, 0.05) is 23.5 Å². The van der Waals surface area contributed by atoms with Crippen LogP contribution in [0.1, 0.15) is 36.2 Å². The number of carbonyl (C=O) groups excluding carboxylic acids is 1. The predicted molar refractivity (Wildman–Crippen MR) is 106 cm³/mol. The number of hydrogen-bond donors (Lipinski definition) is 3. The molecule has 6 nitrogen and oxygen atoms in total. The van der Waals surface area contributed by atoms with Crippen molar-refractivity contribution in [3.05, 3.63) is 59.7 Å². The highest BCUT2D eigenvalue weighted by molar-refractivity contribution is 7.92. The van der Waals surface area contributed by atoms with E-state index in [0.29, 0.717) is 24.2 Å². The summed E-state index contributed by atoms with van der Waals surface area (Å²) in [6, 6.07) is 14.1. The molecule has 0 bridgehead atoms. The second-order valence-corrected chi connectivity index (χ2v) is 7.74. The Hall–Kier alpha value is -2.38. The first-order chi connectivity index (χ1) is 12.4. The van der Waals surface area contributed by atoms with Crippen molar-refractivity contribution in [2.45, 2.75) is 26.8 Å². The standard InChI is InChI=1S/C19H25N3O3S/c1-3-12-26(24,25)22-17-10-7-9-15(13-17)19(23)21-18-11-6-5-8-16(18)14-20-4-2/h5-11,13,20,22H,3-4,12,14H2,1-2H3,(H,21,23). The maximum Gasteiger partial charge on any atom is 0.255 e. The van der Waals surface area contributed by atoms with E-state index in [-0.39, 0.29) is 11.7 Å². The zero-order chi connectivity index (χ0) is 19.0. The Kier molecular flexibility index (Phi) is 7.17. The smallest absolute Gasteiger partial charge is 0.255 e. The van der Waals surface area contributed by atoms with Gasteiger partial charge < -0.3 is 10.6 Å². The Bertz CT molecular complexity index is 851. The van der Waals surface area contributed by atoms with E-state index in [1.165, 1.54) is 6.07 Å². The minimum Gasteiger partial charge on any atom is -0.322 e. The Morgan fingerprint density at radius 2 is 1.81 bits per heavy atom. The van der Waals surface area contributed by atoms with E-state index in [1.54, 1.807) is 25.1 Å². The molecule has 1 amide bonds. The molecular weight excluding hydrogens is 350 g/mol. The van der Waals surface area contributed by atoms with Crippen molar-refractivity contribution in [2.24, 2.45) is 0 Å². The Labute approximate surface area is 155 Å². The van der Waals surface area contributed by atoms with E-state index in [9.17, 15) is 13.2 Å². The largest absolute Gasteiger partial charge is 0.322 e. The normalized spacial score (nSPS) is 11.2. The number of nitrogens with one attached hydrogen (secondary N) is 3. The van der Waals surface area contributed by atoms with Gasteiger partial charge in [-0.2, -0.15) is 0 Å². The van der Waals surface area contributed by atoms with Crippen molar-refractivity contribution in [2.75, 3.05) is 22.3 Å². The van der Waals surface area contributed by atoms with E-state index in [2.05, 4.69) is 15.4 Å². The molecule has 0 saturated heterocycles. The molecule has 0 aliphatic carbocycles. The number of carbonyl (C=O) groups is 1. The first-order valence-corrected chi connectivity index (χ1v) is 10.3. The molecule has 0 fully saturated rings. The molecule has 2 rings (SSSR count). The average molecular weight is 375 g/mol. The molecule has 0 aliphatic heterocycles. The summed E-state index contributed by atoms with van der Waals surface area (Å²) in [5.74, 6) is -0.244. The summed E-state index contributed by atoms with van der Waals surface area (Å²) in [6.07, 6.45) is 0.526. The molecule has 2 aromatic carbocycles. The molecule has 140 valence electrons. The van der Waals surface area contributed by atoms with Gasteiger partial charge in [0.2, 0.25) is 10.0 Å². The zero-order valence-corrected chi connectivity index (χ0v) is 15.9. The number of benzene rings is 2. The summed E-state index contributed by atoms with van der Waals surface area (Å²) < 4.78 is 26.3. The molecular formula is C19H25N3O3S. The lowest BCUT2D eigenvalue weighted by molar-refractivity contribution is 0.102. The zero-order valence-electron chi connectivity index (χ0n) is 15.1. The monoisotopic (exact) mass is 375 g/mol. The van der Waals surface area contributed by atoms with Crippen LogP contribution in [0.3, 0.4) is 0 Å². The second-order valence-electron chi connectivity index (χ2n) is 5.89. The molecule has 0 unspecified atom stereocenters. The maximum absolute atomic E-state index is 12.6. The van der Waals surface area contributed by atoms with Crippen molar-refractivity contribution in [3.63, 3.8) is 0 Å². The van der Waals surface area contributed by atoms with Gasteiger partial charge in [0.15, 0.2) is 0 Å². The fourth-order valence-corrected chi connectivity index (χ4v) is 3.60. The molecule has 0 spiro atoms. The fraction of sp³-hybridized carbons (Fsp3) is 0.316. The minimum atomic E-state index is -3.39. The number of sulfonamides is 1. The van der Waals surface area contributed by atoms with Gasteiger partial charge >= 0.3 is 0 Å². The van der Waals surface area contributed by atoms with Gasteiger partial charge in [0.05, 0.1) is 5.75 Å². The summed E-state index contributed by atoms with van der Waals surface area (Å²) in [7, 11) is -3.39. The average Bonchev–Trinajstić information content (AvgIpc) is 2.60. The highest BCUT2D eigenvalue weighted by Crippen LogP contribution is 2.18. The lowest BCUT2D eigenvalue weighted by atomic mass is 10.1. The van der Waals surface area contributed by atoms with Crippen molar-refractivity contribution in [1.82, 2.24) is 5.32 Å². The number of rotatable bonds is 9. The number of hydrogen-bond acceptors (Lipinski definition) is 4. The van der Waals surface area contributed by atoms with Gasteiger partial charge in [-0.05, 0) is 42.8 Å². The van der Waals surface area contributed by atoms with Gasteiger partial charge in [0.1, 0.15) is 0 Å². The van der Waals surface area contributed by atoms with E-state index in [0.717, 1.165) is 17.8 Å². The van der Waals surface area contributed by atoms with E-state index >= 15 is 0 Å². The van der Waals surface area contributed by atoms with Gasteiger partial charge in [-0.1, -0.05) is 38.1 Å². The minimum absolute atomic E-state index is 0.0429. The van der Waals surface area contributed by atoms with Crippen LogP contribution in [0.15, 0.2) is 48.5 Å². The lowest BCUT2D eigenvalue weighted by Crippen LogP contribution is -2.18. The Morgan fingerprint density at radius 3 is 2.54 bits per heavy atom. The van der Waals surface area contributed by atoms with Crippen molar-refractivity contribution < 1.29 is 13.2 Å². The fourth-order valence-electron chi connectivity index (χ4n) is 2.47. The predicted octanol–water partition coefficient (Wildman–Crippen LogP) is 3.20. The van der Waals surface area contributed by atoms with Crippen LogP contribution in [0.4, 0.5) is 11.4 Å². The van der Waals surface area contributed by atoms with Crippen LogP contribution < -0.4 is 15.4 Å². The summed E-state index contributed by atoms with van der Waals surface area (Å²) in [6.45, 7) is 5.31. The van der Waals surface area contributed by atoms with Gasteiger partial charge in [-0.3, -0.25) is 9.52 Å². The first-order valence-electron chi connectivity index (χ1n) is 8.65. The number of para-hydroxylation sites is 1. The van der Waals surface area contributed by atoms with Crippen molar-refractivity contribution >= 4 is 27.3 Å². The molecule has 0 radical (unpaired) electrons. The quantitative estimate of drug-likeness (QED) is 0.628. The summed E-state index contributed by atoms with van der Waals surface area (Å²) in [5, 5.41) is 6.13. The molecule has 2 aromatic rings. The van der Waals surface area contributed by atoms with Gasteiger partial charge in [-0.25, -0.2) is 8.42 Å². The molecule has 0 saturated carbocycles. The van der Waals surface area contributed by atoms with Crippen LogP contribution in [0.2, 0.25) is 0 Å². The molecule has 7 heteroatoms. The SMILES string of the molecule is CCCS(=O)(=O)Nc1cccc(C(=O)Nc2ccccc2CNCC)c1. The molecule has 0 aliphatic rings. The first kappa shape index (κ1) is 19.9. The molecule has 26 heavy (non-hydrogen) atoms. The van der Waals surface area contributed by atoms with Gasteiger partial charge in [0.25, 0.3) is 5.91 Å². The van der Waals surface area contributed by atoms with Crippen LogP contribution in [0, 0.1) is 0 Å². The molecule has 0 atom stereocenters. The lowest BCUT2D eigenvalue weighted by Gasteiger charge is -2.12. The van der Waals surface area contributed by atoms with Crippen LogP contribution in [-0.2, 0) is 16.6 Å². The highest BCUT2D eigenvalue weighted by Gasteiger charge is 2.12. The third-order valence-electron chi connectivity index (χ3n) is 3.70. The van der Waals surface area contributed by atoms with Crippen LogP contribution >= 0.6 is 0 Å². The van der Waals surface area contributed by atoms with E-state index < -0.39 is 10.0 Å². The molecule has 0 aromatic heterocycles. The Morgan fingerprint density at radius 1 is 1.04 bits per heavy atom. The number of amides is 1.